The largest absolute Gasteiger partial charge is 0.261 e. The van der Waals surface area contributed by atoms with Crippen LogP contribution in [0.5, 0.6) is 0 Å². The second-order valence-electron chi connectivity index (χ2n) is 3.26. The summed E-state index contributed by atoms with van der Waals surface area (Å²) in [5.74, 6) is 0. The molecule has 0 amide bonds. The van der Waals surface area contributed by atoms with E-state index in [2.05, 4.69) is 18.2 Å². The van der Waals surface area contributed by atoms with Crippen LogP contribution in [0.1, 0.15) is 27.7 Å². The Morgan fingerprint density at radius 2 is 1.79 bits per heavy atom. The van der Waals surface area contributed by atoms with E-state index in [4.69, 9.17) is 0 Å². The first-order chi connectivity index (χ1) is 6.52. The van der Waals surface area contributed by atoms with Crippen LogP contribution in [0.4, 0.5) is 0 Å². The van der Waals surface area contributed by atoms with Crippen LogP contribution in [0.2, 0.25) is 0 Å². The van der Waals surface area contributed by atoms with E-state index >= 15 is 0 Å². The fourth-order valence-corrected chi connectivity index (χ4v) is 0.885. The molecule has 0 bridgehead atoms. The van der Waals surface area contributed by atoms with Gasteiger partial charge in [0.25, 0.3) is 0 Å². The van der Waals surface area contributed by atoms with Crippen LogP contribution in [0.3, 0.4) is 0 Å². The molecular formula is C13H19N. The van der Waals surface area contributed by atoms with Gasteiger partial charge in [-0.1, -0.05) is 25.3 Å². The van der Waals surface area contributed by atoms with E-state index < -0.39 is 0 Å². The lowest BCUT2D eigenvalue weighted by Gasteiger charge is -2.00. The Morgan fingerprint density at radius 3 is 2.14 bits per heavy atom. The molecule has 0 N–H and O–H groups in total. The zero-order valence-electron chi connectivity index (χ0n) is 9.59. The zero-order chi connectivity index (χ0) is 11.1. The zero-order valence-corrected chi connectivity index (χ0v) is 9.59. The monoisotopic (exact) mass is 189 g/mol. The number of rotatable bonds is 4. The van der Waals surface area contributed by atoms with E-state index in [0.29, 0.717) is 0 Å². The van der Waals surface area contributed by atoms with Gasteiger partial charge in [-0.05, 0) is 44.4 Å². The molecule has 1 heteroatoms. The topological polar surface area (TPSA) is 12.4 Å². The Bertz CT molecular complexity index is 314. The molecule has 0 aromatic heterocycles. The van der Waals surface area contributed by atoms with Crippen LogP contribution in [-0.4, -0.2) is 5.71 Å². The third-order valence-corrected chi connectivity index (χ3v) is 2.06. The molecule has 0 atom stereocenters. The standard InChI is InChI=1S/C13H19N/c1-7-13(8-2)11(5)9-14-12(6)10(3)4/h7-9H,1,3H2,2,4-6H3/b11-9+,13-8+,14-12?. The fraction of sp³-hybridized carbons (Fsp3) is 0.308. The Hall–Kier alpha value is -1.37. The minimum absolute atomic E-state index is 0.962. The van der Waals surface area contributed by atoms with Gasteiger partial charge in [-0.15, -0.1) is 0 Å². The second kappa shape index (κ2) is 6.14. The molecule has 0 heterocycles. The van der Waals surface area contributed by atoms with Gasteiger partial charge < -0.3 is 0 Å². The number of hydrogen-bond acceptors (Lipinski definition) is 1. The lowest BCUT2D eigenvalue weighted by molar-refractivity contribution is 1.34. The number of nitrogens with zero attached hydrogens (tertiary/aromatic N) is 1. The summed E-state index contributed by atoms with van der Waals surface area (Å²) in [6.45, 7) is 15.5. The van der Waals surface area contributed by atoms with Crippen molar-refractivity contribution in [3.05, 3.63) is 48.2 Å². The molecule has 0 saturated carbocycles. The quantitative estimate of drug-likeness (QED) is 0.467. The van der Waals surface area contributed by atoms with Crippen molar-refractivity contribution in [2.75, 3.05) is 0 Å². The highest BCUT2D eigenvalue weighted by Crippen LogP contribution is 2.10. The van der Waals surface area contributed by atoms with E-state index in [9.17, 15) is 0 Å². The smallest absolute Gasteiger partial charge is 0.0395 e. The molecule has 0 aliphatic rings. The van der Waals surface area contributed by atoms with Gasteiger partial charge in [-0.25, -0.2) is 0 Å². The maximum absolute atomic E-state index is 4.31. The summed E-state index contributed by atoms with van der Waals surface area (Å²) in [5.41, 5.74) is 4.19. The van der Waals surface area contributed by atoms with Crippen molar-refractivity contribution in [1.29, 1.82) is 0 Å². The Morgan fingerprint density at radius 1 is 1.21 bits per heavy atom. The molecule has 0 saturated heterocycles. The highest BCUT2D eigenvalue weighted by Gasteiger charge is 1.93. The SMILES string of the molecule is C=CC(=C\C)/C(C)=C/N=C(C)C(=C)C. The Labute approximate surface area is 87.3 Å². The van der Waals surface area contributed by atoms with Gasteiger partial charge in [0.15, 0.2) is 0 Å². The van der Waals surface area contributed by atoms with Gasteiger partial charge in [0, 0.05) is 11.9 Å². The summed E-state index contributed by atoms with van der Waals surface area (Å²) in [4.78, 5) is 4.31. The van der Waals surface area contributed by atoms with Gasteiger partial charge >= 0.3 is 0 Å². The molecule has 0 unspecified atom stereocenters. The maximum Gasteiger partial charge on any atom is 0.0395 e. The molecule has 1 nitrogen and oxygen atoms in total. The number of hydrogen-bond donors (Lipinski definition) is 0. The summed E-state index contributed by atoms with van der Waals surface area (Å²) in [7, 11) is 0. The molecule has 0 aromatic carbocycles. The fourth-order valence-electron chi connectivity index (χ4n) is 0.885. The first-order valence-electron chi connectivity index (χ1n) is 4.69. The lowest BCUT2D eigenvalue weighted by Crippen LogP contribution is -1.90. The maximum atomic E-state index is 4.31. The number of aliphatic imine (C=N–C) groups is 1. The van der Waals surface area contributed by atoms with Crippen molar-refractivity contribution in [3.8, 4) is 0 Å². The first kappa shape index (κ1) is 12.6. The summed E-state index contributed by atoms with van der Waals surface area (Å²) < 4.78 is 0. The van der Waals surface area contributed by atoms with E-state index in [1.165, 1.54) is 0 Å². The second-order valence-corrected chi connectivity index (χ2v) is 3.26. The van der Waals surface area contributed by atoms with Crippen LogP contribution in [0.25, 0.3) is 0 Å². The van der Waals surface area contributed by atoms with Crippen molar-refractivity contribution >= 4 is 5.71 Å². The van der Waals surface area contributed by atoms with E-state index in [1.807, 2.05) is 46.0 Å². The summed E-state index contributed by atoms with van der Waals surface area (Å²) >= 11 is 0. The average Bonchev–Trinajstić information content (AvgIpc) is 2.15. The van der Waals surface area contributed by atoms with Gasteiger partial charge in [0.2, 0.25) is 0 Å². The van der Waals surface area contributed by atoms with E-state index in [0.717, 1.165) is 22.4 Å². The third-order valence-electron chi connectivity index (χ3n) is 2.06. The summed E-state index contributed by atoms with van der Waals surface area (Å²) in [5, 5.41) is 0. The third kappa shape index (κ3) is 4.04. The normalized spacial score (nSPS) is 14.1. The lowest BCUT2D eigenvalue weighted by atomic mass is 10.1. The van der Waals surface area contributed by atoms with Crippen LogP contribution in [0, 0.1) is 0 Å². The van der Waals surface area contributed by atoms with Crippen molar-refractivity contribution < 1.29 is 0 Å². The Kier molecular flexibility index (Phi) is 5.54. The molecule has 0 rings (SSSR count). The minimum Gasteiger partial charge on any atom is -0.261 e. The highest BCUT2D eigenvalue weighted by molar-refractivity contribution is 5.97. The first-order valence-corrected chi connectivity index (χ1v) is 4.69. The number of allylic oxidation sites excluding steroid dienone is 5. The van der Waals surface area contributed by atoms with Crippen LogP contribution in [0.15, 0.2) is 53.2 Å². The van der Waals surface area contributed by atoms with Crippen molar-refractivity contribution in [3.63, 3.8) is 0 Å². The van der Waals surface area contributed by atoms with Gasteiger partial charge in [0.1, 0.15) is 0 Å². The predicted octanol–water partition coefficient (Wildman–Crippen LogP) is 4.06. The molecule has 0 fully saturated rings. The van der Waals surface area contributed by atoms with E-state index in [1.54, 1.807) is 0 Å². The molecule has 0 radical (unpaired) electrons. The molecule has 14 heavy (non-hydrogen) atoms. The molecule has 0 aliphatic carbocycles. The van der Waals surface area contributed by atoms with Gasteiger partial charge in [0.05, 0.1) is 0 Å². The van der Waals surface area contributed by atoms with E-state index in [-0.39, 0.29) is 0 Å². The Balaban J connectivity index is 4.78. The molecule has 0 aromatic rings. The predicted molar refractivity (Wildman–Crippen MR) is 65.6 cm³/mol. The van der Waals surface area contributed by atoms with Gasteiger partial charge in [-0.2, -0.15) is 0 Å². The highest BCUT2D eigenvalue weighted by atomic mass is 14.7. The summed E-state index contributed by atoms with van der Waals surface area (Å²) in [6, 6.07) is 0. The van der Waals surface area contributed by atoms with Crippen LogP contribution >= 0.6 is 0 Å². The van der Waals surface area contributed by atoms with Crippen molar-refractivity contribution in [2.45, 2.75) is 27.7 Å². The molecular weight excluding hydrogens is 170 g/mol. The van der Waals surface area contributed by atoms with Crippen molar-refractivity contribution in [2.24, 2.45) is 4.99 Å². The molecule has 0 aliphatic heterocycles. The minimum atomic E-state index is 0.962. The molecule has 0 spiro atoms. The van der Waals surface area contributed by atoms with Crippen molar-refractivity contribution in [1.82, 2.24) is 0 Å². The van der Waals surface area contributed by atoms with Gasteiger partial charge in [-0.3, -0.25) is 4.99 Å². The average molecular weight is 189 g/mol. The van der Waals surface area contributed by atoms with Crippen LogP contribution in [-0.2, 0) is 0 Å². The summed E-state index contributed by atoms with van der Waals surface area (Å²) in [6.07, 6.45) is 5.70. The molecule has 76 valence electrons. The van der Waals surface area contributed by atoms with Crippen LogP contribution < -0.4 is 0 Å².